The van der Waals surface area contributed by atoms with Crippen LogP contribution < -0.4 is 9.64 Å². The van der Waals surface area contributed by atoms with Crippen molar-refractivity contribution in [3.63, 3.8) is 0 Å². The lowest BCUT2D eigenvalue weighted by molar-refractivity contribution is -0.917. The van der Waals surface area contributed by atoms with E-state index in [9.17, 15) is 22.9 Å². The number of nitro benzene ring substituents is 1. The normalized spacial score (nSPS) is 16.1. The number of quaternary nitrogens is 1. The van der Waals surface area contributed by atoms with Crippen molar-refractivity contribution in [3.8, 4) is 5.75 Å². The Morgan fingerprint density at radius 2 is 1.93 bits per heavy atom. The largest absolute Gasteiger partial charge is 0.494 e. The van der Waals surface area contributed by atoms with Gasteiger partial charge in [0.15, 0.2) is 11.6 Å². The van der Waals surface area contributed by atoms with Crippen LogP contribution in [0.5, 0.6) is 5.75 Å². The maximum Gasteiger partial charge on any atom is 0.270 e. The van der Waals surface area contributed by atoms with Crippen molar-refractivity contribution in [2.75, 3.05) is 33.3 Å². The molecule has 0 radical (unpaired) electrons. The summed E-state index contributed by atoms with van der Waals surface area (Å²) in [7, 11) is -2.38. The van der Waals surface area contributed by atoms with Gasteiger partial charge in [0.05, 0.1) is 43.1 Å². The summed E-state index contributed by atoms with van der Waals surface area (Å²) < 4.78 is 45.6. The van der Waals surface area contributed by atoms with Gasteiger partial charge >= 0.3 is 0 Å². The summed E-state index contributed by atoms with van der Waals surface area (Å²) in [6.07, 6.45) is 0. The van der Waals surface area contributed by atoms with Gasteiger partial charge in [-0.3, -0.25) is 10.1 Å². The predicted molar refractivity (Wildman–Crippen MR) is 99.2 cm³/mol. The summed E-state index contributed by atoms with van der Waals surface area (Å²) in [5.74, 6) is -0.238. The molecule has 0 aromatic heterocycles. The molecule has 1 N–H and O–H groups in total. The second-order valence-electron chi connectivity index (χ2n) is 6.55. The Morgan fingerprint density at radius 3 is 2.54 bits per heavy atom. The fraction of sp³-hybridized carbons (Fsp3) is 0.333. The molecule has 2 aromatic carbocycles. The number of non-ortho nitro benzene ring substituents is 1. The monoisotopic (exact) mass is 410 g/mol. The zero-order chi connectivity index (χ0) is 20.3. The SMILES string of the molecule is COc1ccc(C[NH+]2CCN(S(=O)(=O)c3cccc([N+](=O)[O-])c3)CC2)cc1F. The van der Waals surface area contributed by atoms with E-state index in [1.807, 2.05) is 0 Å². The first kappa shape index (κ1) is 20.2. The molecule has 1 fully saturated rings. The number of nitrogens with zero attached hydrogens (tertiary/aromatic N) is 2. The molecule has 0 aliphatic carbocycles. The Bertz CT molecular complexity index is 975. The summed E-state index contributed by atoms with van der Waals surface area (Å²) in [5.41, 5.74) is 0.551. The molecule has 10 heteroatoms. The summed E-state index contributed by atoms with van der Waals surface area (Å²) >= 11 is 0. The summed E-state index contributed by atoms with van der Waals surface area (Å²) in [6, 6.07) is 9.86. The lowest BCUT2D eigenvalue weighted by Crippen LogP contribution is -3.13. The van der Waals surface area contributed by atoms with Crippen LogP contribution in [-0.4, -0.2) is 50.9 Å². The highest BCUT2D eigenvalue weighted by molar-refractivity contribution is 7.89. The number of ether oxygens (including phenoxy) is 1. The van der Waals surface area contributed by atoms with E-state index < -0.39 is 20.8 Å². The minimum atomic E-state index is -3.79. The molecule has 0 atom stereocenters. The molecule has 0 amide bonds. The summed E-state index contributed by atoms with van der Waals surface area (Å²) in [5, 5.41) is 10.9. The Morgan fingerprint density at radius 1 is 1.21 bits per heavy atom. The van der Waals surface area contributed by atoms with Crippen LogP contribution >= 0.6 is 0 Å². The topological polar surface area (TPSA) is 94.2 Å². The number of piperazine rings is 1. The van der Waals surface area contributed by atoms with Crippen LogP contribution in [0.25, 0.3) is 0 Å². The van der Waals surface area contributed by atoms with E-state index in [0.29, 0.717) is 32.7 Å². The predicted octanol–water partition coefficient (Wildman–Crippen LogP) is 0.832. The second kappa shape index (κ2) is 8.21. The number of benzene rings is 2. The van der Waals surface area contributed by atoms with Crippen LogP contribution in [0.4, 0.5) is 10.1 Å². The Balaban J connectivity index is 1.65. The van der Waals surface area contributed by atoms with Crippen LogP contribution in [0.2, 0.25) is 0 Å². The van der Waals surface area contributed by atoms with Gasteiger partial charge in [-0.05, 0) is 24.3 Å². The van der Waals surface area contributed by atoms with Crippen LogP contribution in [0.1, 0.15) is 5.56 Å². The molecule has 3 rings (SSSR count). The molecular weight excluding hydrogens is 389 g/mol. The van der Waals surface area contributed by atoms with Gasteiger partial charge in [-0.15, -0.1) is 0 Å². The van der Waals surface area contributed by atoms with E-state index in [4.69, 9.17) is 4.74 Å². The van der Waals surface area contributed by atoms with E-state index in [1.54, 1.807) is 12.1 Å². The Kier molecular flexibility index (Phi) is 5.92. The van der Waals surface area contributed by atoms with Crippen molar-refractivity contribution in [1.82, 2.24) is 4.31 Å². The maximum atomic E-state index is 13.8. The molecule has 0 saturated carbocycles. The third kappa shape index (κ3) is 4.29. The fourth-order valence-electron chi connectivity index (χ4n) is 3.23. The first-order valence-electron chi connectivity index (χ1n) is 8.72. The second-order valence-corrected chi connectivity index (χ2v) is 8.49. The molecule has 0 spiro atoms. The van der Waals surface area contributed by atoms with Gasteiger partial charge in [-0.25, -0.2) is 12.8 Å². The van der Waals surface area contributed by atoms with Crippen molar-refractivity contribution in [2.45, 2.75) is 11.4 Å². The minimum Gasteiger partial charge on any atom is -0.494 e. The summed E-state index contributed by atoms with van der Waals surface area (Å²) in [4.78, 5) is 11.3. The van der Waals surface area contributed by atoms with Crippen molar-refractivity contribution < 1.29 is 27.4 Å². The van der Waals surface area contributed by atoms with Crippen LogP contribution in [-0.2, 0) is 16.6 Å². The lowest BCUT2D eigenvalue weighted by Gasteiger charge is -2.31. The third-order valence-electron chi connectivity index (χ3n) is 4.77. The number of nitrogens with one attached hydrogen (secondary N) is 1. The molecule has 1 heterocycles. The molecule has 0 unspecified atom stereocenters. The molecule has 150 valence electrons. The zero-order valence-electron chi connectivity index (χ0n) is 15.3. The van der Waals surface area contributed by atoms with Crippen LogP contribution in [0.3, 0.4) is 0 Å². The van der Waals surface area contributed by atoms with Gasteiger partial charge in [0.25, 0.3) is 5.69 Å². The number of nitro groups is 1. The lowest BCUT2D eigenvalue weighted by atomic mass is 10.2. The van der Waals surface area contributed by atoms with Gasteiger partial charge < -0.3 is 9.64 Å². The van der Waals surface area contributed by atoms with E-state index in [2.05, 4.69) is 0 Å². The average Bonchev–Trinajstić information content (AvgIpc) is 2.68. The number of methoxy groups -OCH3 is 1. The highest BCUT2D eigenvalue weighted by atomic mass is 32.2. The minimum absolute atomic E-state index is 0.0811. The molecule has 8 nitrogen and oxygen atoms in total. The number of rotatable bonds is 6. The third-order valence-corrected chi connectivity index (χ3v) is 6.66. The molecule has 1 saturated heterocycles. The van der Waals surface area contributed by atoms with E-state index in [1.165, 1.54) is 35.7 Å². The fourth-order valence-corrected chi connectivity index (χ4v) is 4.72. The van der Waals surface area contributed by atoms with E-state index >= 15 is 0 Å². The highest BCUT2D eigenvalue weighted by Crippen LogP contribution is 2.21. The molecule has 2 aromatic rings. The Labute approximate surface area is 162 Å². The van der Waals surface area contributed by atoms with Crippen molar-refractivity contribution in [3.05, 3.63) is 64.0 Å². The van der Waals surface area contributed by atoms with E-state index in [-0.39, 0.29) is 16.3 Å². The first-order chi connectivity index (χ1) is 13.3. The Hall–Kier alpha value is -2.56. The molecule has 28 heavy (non-hydrogen) atoms. The van der Waals surface area contributed by atoms with Gasteiger partial charge in [-0.2, -0.15) is 4.31 Å². The summed E-state index contributed by atoms with van der Waals surface area (Å²) in [6.45, 7) is 2.27. The van der Waals surface area contributed by atoms with Crippen LogP contribution in [0.15, 0.2) is 47.4 Å². The van der Waals surface area contributed by atoms with Crippen molar-refractivity contribution in [1.29, 1.82) is 0 Å². The smallest absolute Gasteiger partial charge is 0.270 e. The first-order valence-corrected chi connectivity index (χ1v) is 10.2. The number of sulfonamides is 1. The molecule has 0 bridgehead atoms. The maximum absolute atomic E-state index is 13.8. The number of hydrogen-bond donors (Lipinski definition) is 1. The van der Waals surface area contributed by atoms with Gasteiger partial charge in [0, 0.05) is 17.7 Å². The van der Waals surface area contributed by atoms with E-state index in [0.717, 1.165) is 16.5 Å². The zero-order valence-corrected chi connectivity index (χ0v) is 16.1. The van der Waals surface area contributed by atoms with Gasteiger partial charge in [-0.1, -0.05) is 6.07 Å². The standard InChI is InChI=1S/C18H20FN3O5S/c1-27-18-6-5-14(11-17(18)19)13-20-7-9-21(10-8-20)28(25,26)16-4-2-3-15(12-16)22(23)24/h2-6,11-12H,7-10,13H2,1H3/p+1. The molecule has 1 aliphatic rings. The van der Waals surface area contributed by atoms with Crippen molar-refractivity contribution >= 4 is 15.7 Å². The van der Waals surface area contributed by atoms with Crippen LogP contribution in [0, 0.1) is 15.9 Å². The molecule has 1 aliphatic heterocycles. The van der Waals surface area contributed by atoms with Gasteiger partial charge in [0.2, 0.25) is 10.0 Å². The number of halogens is 1. The highest BCUT2D eigenvalue weighted by Gasteiger charge is 2.31. The van der Waals surface area contributed by atoms with Crippen molar-refractivity contribution in [2.24, 2.45) is 0 Å². The van der Waals surface area contributed by atoms with Gasteiger partial charge in [0.1, 0.15) is 6.54 Å². The quantitative estimate of drug-likeness (QED) is 0.562. The number of hydrogen-bond acceptors (Lipinski definition) is 5. The average molecular weight is 410 g/mol. The molecular formula is C18H21FN3O5S+.